The largest absolute Gasteiger partial charge is 0.465 e. The molecule has 0 bridgehead atoms. The van der Waals surface area contributed by atoms with E-state index in [1.807, 2.05) is 0 Å². The second-order valence-corrected chi connectivity index (χ2v) is 6.16. The topological polar surface area (TPSA) is 60.4 Å². The fraction of sp³-hybridized carbons (Fsp3) is 0.0833. The normalized spacial score (nSPS) is 11.4. The van der Waals surface area contributed by atoms with Crippen LogP contribution in [0.2, 0.25) is 0 Å². The van der Waals surface area contributed by atoms with E-state index in [1.54, 1.807) is 18.2 Å². The lowest BCUT2D eigenvalue weighted by Gasteiger charge is -2.05. The van der Waals surface area contributed by atoms with Crippen LogP contribution in [0.3, 0.4) is 0 Å². The molecule has 2 rings (SSSR count). The molecule has 0 atom stereocenters. The van der Waals surface area contributed by atoms with E-state index in [4.69, 9.17) is 10.7 Å². The highest BCUT2D eigenvalue weighted by molar-refractivity contribution is 8.14. The SMILES string of the molecule is COC(=O)c1ccc2c(S(=O)(=O)Cl)cccc2c1. The van der Waals surface area contributed by atoms with E-state index in [-0.39, 0.29) is 4.90 Å². The lowest BCUT2D eigenvalue weighted by Crippen LogP contribution is -2.01. The summed E-state index contributed by atoms with van der Waals surface area (Å²) in [5.74, 6) is -0.476. The number of carbonyl (C=O) groups is 1. The summed E-state index contributed by atoms with van der Waals surface area (Å²) in [5.41, 5.74) is 0.356. The molecule has 2 aromatic carbocycles. The number of halogens is 1. The summed E-state index contributed by atoms with van der Waals surface area (Å²) >= 11 is 0. The molecular weight excluding hydrogens is 276 g/mol. The minimum atomic E-state index is -3.81. The van der Waals surface area contributed by atoms with Crippen LogP contribution < -0.4 is 0 Å². The van der Waals surface area contributed by atoms with Crippen molar-refractivity contribution in [2.75, 3.05) is 7.11 Å². The van der Waals surface area contributed by atoms with Gasteiger partial charge in [0, 0.05) is 16.1 Å². The maximum Gasteiger partial charge on any atom is 0.337 e. The maximum absolute atomic E-state index is 11.4. The van der Waals surface area contributed by atoms with E-state index in [9.17, 15) is 13.2 Å². The summed E-state index contributed by atoms with van der Waals surface area (Å²) < 4.78 is 27.4. The third-order valence-electron chi connectivity index (χ3n) is 2.52. The molecule has 0 saturated carbocycles. The van der Waals surface area contributed by atoms with Gasteiger partial charge in [0.25, 0.3) is 9.05 Å². The number of esters is 1. The number of carbonyl (C=O) groups excluding carboxylic acids is 1. The highest BCUT2D eigenvalue weighted by Crippen LogP contribution is 2.26. The van der Waals surface area contributed by atoms with Gasteiger partial charge in [-0.3, -0.25) is 0 Å². The van der Waals surface area contributed by atoms with Crippen molar-refractivity contribution >= 4 is 36.5 Å². The molecule has 0 aliphatic heterocycles. The number of hydrogen-bond acceptors (Lipinski definition) is 4. The smallest absolute Gasteiger partial charge is 0.337 e. The minimum Gasteiger partial charge on any atom is -0.465 e. The van der Waals surface area contributed by atoms with E-state index in [1.165, 1.54) is 25.3 Å². The summed E-state index contributed by atoms with van der Waals surface area (Å²) in [6.45, 7) is 0. The van der Waals surface area contributed by atoms with E-state index in [0.29, 0.717) is 16.3 Å². The Bertz CT molecular complexity index is 722. The Kier molecular flexibility index (Phi) is 3.28. The van der Waals surface area contributed by atoms with Gasteiger partial charge in [-0.1, -0.05) is 18.2 Å². The fourth-order valence-electron chi connectivity index (χ4n) is 1.71. The van der Waals surface area contributed by atoms with Crippen LogP contribution in [0.25, 0.3) is 10.8 Å². The lowest BCUT2D eigenvalue weighted by molar-refractivity contribution is 0.0601. The maximum atomic E-state index is 11.4. The van der Waals surface area contributed by atoms with Crippen molar-refractivity contribution in [1.29, 1.82) is 0 Å². The van der Waals surface area contributed by atoms with Gasteiger partial charge >= 0.3 is 5.97 Å². The number of rotatable bonds is 2. The zero-order valence-electron chi connectivity index (χ0n) is 9.38. The first kappa shape index (κ1) is 12.9. The molecule has 0 aliphatic carbocycles. The van der Waals surface area contributed by atoms with Gasteiger partial charge in [0.2, 0.25) is 0 Å². The van der Waals surface area contributed by atoms with Crippen molar-refractivity contribution in [2.45, 2.75) is 4.90 Å². The molecule has 0 radical (unpaired) electrons. The monoisotopic (exact) mass is 284 g/mol. The Balaban J connectivity index is 2.72. The predicted octanol–water partition coefficient (Wildman–Crippen LogP) is 2.55. The number of benzene rings is 2. The standard InChI is InChI=1S/C12H9ClO4S/c1-17-12(14)9-5-6-10-8(7-9)3-2-4-11(10)18(13,15)16/h2-7H,1H3. The van der Waals surface area contributed by atoms with Crippen molar-refractivity contribution in [1.82, 2.24) is 0 Å². The third-order valence-corrected chi connectivity index (χ3v) is 3.90. The summed E-state index contributed by atoms with van der Waals surface area (Å²) in [6, 6.07) is 9.29. The first-order valence-electron chi connectivity index (χ1n) is 4.99. The molecule has 0 aromatic heterocycles. The van der Waals surface area contributed by atoms with E-state index in [0.717, 1.165) is 0 Å². The van der Waals surface area contributed by atoms with Crippen LogP contribution in [0, 0.1) is 0 Å². The molecule has 0 unspecified atom stereocenters. The van der Waals surface area contributed by atoms with Crippen LogP contribution in [0.4, 0.5) is 0 Å². The molecule has 94 valence electrons. The van der Waals surface area contributed by atoms with Crippen LogP contribution in [0.1, 0.15) is 10.4 Å². The first-order chi connectivity index (χ1) is 8.43. The Morgan fingerprint density at radius 1 is 1.22 bits per heavy atom. The van der Waals surface area contributed by atoms with Crippen molar-refractivity contribution in [3.05, 3.63) is 42.0 Å². The van der Waals surface area contributed by atoms with Crippen LogP contribution in [0.5, 0.6) is 0 Å². The molecule has 0 N–H and O–H groups in total. The average molecular weight is 285 g/mol. The molecule has 0 fully saturated rings. The van der Waals surface area contributed by atoms with E-state index >= 15 is 0 Å². The summed E-state index contributed by atoms with van der Waals surface area (Å²) in [7, 11) is 2.82. The second kappa shape index (κ2) is 4.59. The molecule has 2 aromatic rings. The molecule has 0 heterocycles. The van der Waals surface area contributed by atoms with E-state index in [2.05, 4.69) is 4.74 Å². The highest BCUT2D eigenvalue weighted by Gasteiger charge is 2.15. The highest BCUT2D eigenvalue weighted by atomic mass is 35.7. The Morgan fingerprint density at radius 3 is 2.56 bits per heavy atom. The second-order valence-electron chi connectivity index (χ2n) is 3.62. The molecular formula is C12H9ClO4S. The van der Waals surface area contributed by atoms with E-state index < -0.39 is 15.0 Å². The Hall–Kier alpha value is -1.59. The minimum absolute atomic E-state index is 0.0260. The molecule has 0 amide bonds. The molecule has 0 spiro atoms. The number of hydrogen-bond donors (Lipinski definition) is 0. The van der Waals surface area contributed by atoms with Gasteiger partial charge < -0.3 is 4.74 Å². The molecule has 6 heteroatoms. The molecule has 0 aliphatic rings. The van der Waals surface area contributed by atoms with Gasteiger partial charge in [-0.15, -0.1) is 0 Å². The summed E-state index contributed by atoms with van der Waals surface area (Å²) in [5, 5.41) is 1.08. The van der Waals surface area contributed by atoms with Gasteiger partial charge in [-0.25, -0.2) is 13.2 Å². The van der Waals surface area contributed by atoms with Crippen LogP contribution in [-0.4, -0.2) is 21.5 Å². The first-order valence-corrected chi connectivity index (χ1v) is 7.30. The van der Waals surface area contributed by atoms with Crippen molar-refractivity contribution in [2.24, 2.45) is 0 Å². The molecule has 4 nitrogen and oxygen atoms in total. The quantitative estimate of drug-likeness (QED) is 0.628. The zero-order chi connectivity index (χ0) is 13.3. The van der Waals surface area contributed by atoms with Gasteiger partial charge in [0.15, 0.2) is 0 Å². The van der Waals surface area contributed by atoms with Crippen LogP contribution in [-0.2, 0) is 13.8 Å². The zero-order valence-corrected chi connectivity index (χ0v) is 11.0. The van der Waals surface area contributed by atoms with Gasteiger partial charge in [0.1, 0.15) is 0 Å². The number of fused-ring (bicyclic) bond motifs is 1. The summed E-state index contributed by atoms with van der Waals surface area (Å²) in [4.78, 5) is 11.4. The van der Waals surface area contributed by atoms with Crippen molar-refractivity contribution in [3.63, 3.8) is 0 Å². The predicted molar refractivity (Wildman–Crippen MR) is 68.3 cm³/mol. The van der Waals surface area contributed by atoms with Gasteiger partial charge in [-0.05, 0) is 23.6 Å². The third kappa shape index (κ3) is 2.32. The number of methoxy groups -OCH3 is 1. The van der Waals surface area contributed by atoms with Crippen LogP contribution >= 0.6 is 10.7 Å². The van der Waals surface area contributed by atoms with Gasteiger partial charge in [-0.2, -0.15) is 0 Å². The number of ether oxygens (including phenoxy) is 1. The van der Waals surface area contributed by atoms with Crippen LogP contribution in [0.15, 0.2) is 41.3 Å². The van der Waals surface area contributed by atoms with Gasteiger partial charge in [0.05, 0.1) is 17.6 Å². The lowest BCUT2D eigenvalue weighted by atomic mass is 10.1. The average Bonchev–Trinajstić information content (AvgIpc) is 2.35. The molecule has 18 heavy (non-hydrogen) atoms. The summed E-state index contributed by atoms with van der Waals surface area (Å²) in [6.07, 6.45) is 0. The Labute approximate surface area is 109 Å². The fourth-order valence-corrected chi connectivity index (χ4v) is 2.80. The van der Waals surface area contributed by atoms with Crippen molar-refractivity contribution < 1.29 is 17.9 Å². The Morgan fingerprint density at radius 2 is 1.94 bits per heavy atom. The molecule has 0 saturated heterocycles. The van der Waals surface area contributed by atoms with Crippen molar-refractivity contribution in [3.8, 4) is 0 Å².